The third kappa shape index (κ3) is 6.89. The summed E-state index contributed by atoms with van der Waals surface area (Å²) in [5.41, 5.74) is 8.37. The van der Waals surface area contributed by atoms with Crippen molar-refractivity contribution in [2.45, 2.75) is 40.0 Å². The molecule has 0 radical (unpaired) electrons. The zero-order valence-corrected chi connectivity index (χ0v) is 40.8. The Hall–Kier alpha value is -8.28. The summed E-state index contributed by atoms with van der Waals surface area (Å²) in [5.74, 6) is 0.854. The van der Waals surface area contributed by atoms with Crippen molar-refractivity contribution < 1.29 is 0 Å². The highest BCUT2D eigenvalue weighted by Crippen LogP contribution is 2.75. The Bertz CT molecular complexity index is 3790. The quantitative estimate of drug-likeness (QED) is 0.122. The molecular weight excluding hydrogens is 897 g/mol. The molecule has 2 heterocycles. The van der Waals surface area contributed by atoms with Gasteiger partial charge < -0.3 is 9.13 Å². The molecule has 0 saturated heterocycles. The number of hydrogen-bond acceptors (Lipinski definition) is 0. The average molecular weight is 947 g/mol. The number of para-hydroxylation sites is 2. The third-order valence-electron chi connectivity index (χ3n) is 14.2. The first-order valence-electron chi connectivity index (χ1n) is 24.3. The van der Waals surface area contributed by atoms with Crippen molar-refractivity contribution in [2.75, 3.05) is 0 Å². The molecule has 0 bridgehead atoms. The SMILES string of the molecule is c1ccc(-n2c3ccc(-n4c5ccccc5c5c(CS(c6ccccc6)(c6ccccc6)c6ccccc6)cccc54)cc3c3c(S(c4ccccc4)(c4ccccc4)c4ccccc4)cccc32)cc1. The molecule has 0 atom stereocenters. The van der Waals surface area contributed by atoms with Crippen LogP contribution in [-0.2, 0) is 5.75 Å². The molecule has 0 aliphatic carbocycles. The van der Waals surface area contributed by atoms with Crippen molar-refractivity contribution in [3.63, 3.8) is 0 Å². The smallest absolute Gasteiger partial charge is 0.0552 e. The highest BCUT2D eigenvalue weighted by atomic mass is 32.3. The van der Waals surface area contributed by atoms with Gasteiger partial charge in [-0.3, -0.25) is 0 Å². The fraction of sp³-hybridized carbons (Fsp3) is 0.0149. The minimum Gasteiger partial charge on any atom is -0.309 e. The molecule has 0 aliphatic rings. The Labute approximate surface area is 418 Å². The van der Waals surface area contributed by atoms with E-state index in [2.05, 4.69) is 300 Å². The minimum atomic E-state index is -2.04. The summed E-state index contributed by atoms with van der Waals surface area (Å²) < 4.78 is 5.00. The Morgan fingerprint density at radius 2 is 0.662 bits per heavy atom. The lowest BCUT2D eigenvalue weighted by atomic mass is 10.1. The number of hydrogen-bond donors (Lipinski definition) is 0. The molecule has 0 saturated carbocycles. The van der Waals surface area contributed by atoms with E-state index >= 15 is 0 Å². The van der Waals surface area contributed by atoms with Crippen LogP contribution in [0.2, 0.25) is 0 Å². The van der Waals surface area contributed by atoms with Crippen LogP contribution in [0.4, 0.5) is 0 Å². The number of aromatic nitrogens is 2. The maximum Gasteiger partial charge on any atom is 0.0552 e. The predicted molar refractivity (Wildman–Crippen MR) is 301 cm³/mol. The first kappa shape index (κ1) is 42.8. The van der Waals surface area contributed by atoms with Crippen molar-refractivity contribution in [3.8, 4) is 11.4 Å². The lowest BCUT2D eigenvalue weighted by molar-refractivity contribution is 1.16. The molecule has 2 nitrogen and oxygen atoms in total. The molecule has 0 aliphatic heterocycles. The van der Waals surface area contributed by atoms with Gasteiger partial charge in [0, 0.05) is 58.3 Å². The first-order valence-corrected chi connectivity index (χ1v) is 27.8. The largest absolute Gasteiger partial charge is 0.309 e. The molecule has 13 rings (SSSR count). The maximum absolute atomic E-state index is 2.53. The van der Waals surface area contributed by atoms with Crippen LogP contribution in [0.25, 0.3) is 55.0 Å². The Kier molecular flexibility index (Phi) is 10.8. The fourth-order valence-electron chi connectivity index (χ4n) is 11.3. The van der Waals surface area contributed by atoms with Crippen LogP contribution >= 0.6 is 20.1 Å². The topological polar surface area (TPSA) is 9.86 Å². The molecule has 0 fully saturated rings. The monoisotopic (exact) mass is 946 g/mol. The zero-order valence-electron chi connectivity index (χ0n) is 39.1. The standard InChI is InChI=1S/C67H50N2S2/c1-8-27-51(28-9-1)68-62-47-46-52(48-60(62)67-64(68)44-25-45-65(67)71(56-35-16-5-17-36-56,57-37-18-6-19-38-57)58-39-20-7-21-40-58)69-61-42-23-22-41-59(61)66-50(26-24-43-63(66)69)49-70(53-29-10-2-11-30-53,54-31-12-3-13-32-54)55-33-14-4-15-34-55/h1-48H,49H2. The zero-order chi connectivity index (χ0) is 47.2. The summed E-state index contributed by atoms with van der Waals surface area (Å²) in [6.45, 7) is 0. The number of nitrogens with zero attached hydrogens (tertiary/aromatic N) is 2. The van der Waals surface area contributed by atoms with Crippen molar-refractivity contribution >= 4 is 63.7 Å². The van der Waals surface area contributed by atoms with E-state index in [1.807, 2.05) is 0 Å². The molecule has 13 aromatic rings. The summed E-state index contributed by atoms with van der Waals surface area (Å²) in [7, 11) is -3.82. The van der Waals surface area contributed by atoms with E-state index in [-0.39, 0.29) is 0 Å². The van der Waals surface area contributed by atoms with E-state index in [0.717, 1.165) is 17.1 Å². The van der Waals surface area contributed by atoms with E-state index < -0.39 is 20.1 Å². The fourth-order valence-corrected chi connectivity index (χ4v) is 19.2. The summed E-state index contributed by atoms with van der Waals surface area (Å²) in [6, 6.07) is 109. The predicted octanol–water partition coefficient (Wildman–Crippen LogP) is 18.7. The van der Waals surface area contributed by atoms with Gasteiger partial charge in [-0.2, -0.15) is 10.0 Å². The van der Waals surface area contributed by atoms with E-state index in [0.29, 0.717) is 0 Å². The second-order valence-electron chi connectivity index (χ2n) is 18.1. The van der Waals surface area contributed by atoms with Crippen molar-refractivity contribution in [1.82, 2.24) is 9.13 Å². The Morgan fingerprint density at radius 1 is 0.268 bits per heavy atom. The number of benzene rings is 11. The second kappa shape index (κ2) is 17.9. The average Bonchev–Trinajstić information content (AvgIpc) is 3.98. The van der Waals surface area contributed by atoms with Gasteiger partial charge in [-0.1, -0.05) is 164 Å². The van der Waals surface area contributed by atoms with E-state index in [1.54, 1.807) is 0 Å². The van der Waals surface area contributed by atoms with Gasteiger partial charge in [-0.05, 0) is 148 Å². The molecule has 11 aromatic carbocycles. The van der Waals surface area contributed by atoms with Gasteiger partial charge in [0.2, 0.25) is 0 Å². The van der Waals surface area contributed by atoms with Crippen molar-refractivity contribution in [1.29, 1.82) is 0 Å². The molecule has 71 heavy (non-hydrogen) atoms. The Morgan fingerprint density at radius 3 is 1.18 bits per heavy atom. The summed E-state index contributed by atoms with van der Waals surface area (Å²) >= 11 is 0. The molecule has 340 valence electrons. The molecule has 0 spiro atoms. The summed E-state index contributed by atoms with van der Waals surface area (Å²) in [5, 5.41) is 5.05. The van der Waals surface area contributed by atoms with E-state index in [4.69, 9.17) is 0 Å². The molecule has 0 unspecified atom stereocenters. The van der Waals surface area contributed by atoms with Gasteiger partial charge in [-0.15, -0.1) is 10.0 Å². The van der Waals surface area contributed by atoms with Gasteiger partial charge in [0.1, 0.15) is 0 Å². The number of fused-ring (bicyclic) bond motifs is 6. The van der Waals surface area contributed by atoms with E-state index in [9.17, 15) is 0 Å². The van der Waals surface area contributed by atoms with Crippen LogP contribution in [0.3, 0.4) is 0 Å². The van der Waals surface area contributed by atoms with Gasteiger partial charge in [0.05, 0.1) is 22.1 Å². The van der Waals surface area contributed by atoms with Gasteiger partial charge >= 0.3 is 0 Å². The lowest BCUT2D eigenvalue weighted by Gasteiger charge is -2.42. The highest BCUT2D eigenvalue weighted by Gasteiger charge is 2.37. The Balaban J connectivity index is 1.11. The van der Waals surface area contributed by atoms with E-state index in [1.165, 1.54) is 83.4 Å². The van der Waals surface area contributed by atoms with Gasteiger partial charge in [0.25, 0.3) is 0 Å². The molecule has 4 heteroatoms. The first-order chi connectivity index (χ1) is 35.2. The van der Waals surface area contributed by atoms with Gasteiger partial charge in [0.15, 0.2) is 0 Å². The summed E-state index contributed by atoms with van der Waals surface area (Å²) in [6.07, 6.45) is 0. The van der Waals surface area contributed by atoms with Crippen LogP contribution in [0.15, 0.2) is 325 Å². The van der Waals surface area contributed by atoms with Crippen molar-refractivity contribution in [3.05, 3.63) is 297 Å². The van der Waals surface area contributed by atoms with Crippen LogP contribution in [0.1, 0.15) is 5.56 Å². The van der Waals surface area contributed by atoms with Crippen LogP contribution < -0.4 is 0 Å². The maximum atomic E-state index is 2.53. The molecule has 0 amide bonds. The molecule has 0 N–H and O–H groups in total. The van der Waals surface area contributed by atoms with Crippen LogP contribution in [0, 0.1) is 0 Å². The van der Waals surface area contributed by atoms with Crippen molar-refractivity contribution in [2.24, 2.45) is 0 Å². The number of rotatable bonds is 11. The normalized spacial score (nSPS) is 12.5. The third-order valence-corrected chi connectivity index (χ3v) is 22.1. The van der Waals surface area contributed by atoms with Crippen LogP contribution in [0.5, 0.6) is 0 Å². The molecule has 2 aromatic heterocycles. The molecular formula is C67H50N2S2. The lowest BCUT2D eigenvalue weighted by Crippen LogP contribution is -2.07. The minimum absolute atomic E-state index is 0.854. The second-order valence-corrected chi connectivity index (χ2v) is 24.3. The highest BCUT2D eigenvalue weighted by molar-refractivity contribution is 8.34. The van der Waals surface area contributed by atoms with Crippen LogP contribution in [-0.4, -0.2) is 9.13 Å². The summed E-state index contributed by atoms with van der Waals surface area (Å²) in [4.78, 5) is 9.29. The van der Waals surface area contributed by atoms with Gasteiger partial charge in [-0.25, -0.2) is 0 Å².